The second kappa shape index (κ2) is 12.5. The molecule has 2 aromatic heterocycles. The topological polar surface area (TPSA) is 163 Å². The van der Waals surface area contributed by atoms with Crippen molar-refractivity contribution < 1.29 is 53.1 Å². The summed E-state index contributed by atoms with van der Waals surface area (Å²) in [6, 6.07) is 7.28. The molecule has 252 valence electrons. The van der Waals surface area contributed by atoms with E-state index in [0.29, 0.717) is 24.3 Å². The second-order valence-electron chi connectivity index (χ2n) is 10.3. The zero-order chi connectivity index (χ0) is 36.0. The van der Waals surface area contributed by atoms with E-state index in [1.807, 2.05) is 0 Å². The lowest BCUT2D eigenvalue weighted by Gasteiger charge is -2.16. The maximum absolute atomic E-state index is 13.7. The third kappa shape index (κ3) is 6.95. The van der Waals surface area contributed by atoms with Crippen molar-refractivity contribution >= 4 is 25.6 Å². The number of rotatable bonds is 9. The summed E-state index contributed by atoms with van der Waals surface area (Å²) >= 11 is 0. The van der Waals surface area contributed by atoms with E-state index in [1.54, 1.807) is 12.1 Å². The molecule has 0 spiro atoms. The highest BCUT2D eigenvalue weighted by molar-refractivity contribution is 7.91. The third-order valence-corrected chi connectivity index (χ3v) is 10.7. The lowest BCUT2D eigenvalue weighted by Crippen LogP contribution is -2.24. The van der Waals surface area contributed by atoms with Gasteiger partial charge in [-0.3, -0.25) is 0 Å². The van der Waals surface area contributed by atoms with Crippen LogP contribution in [0.3, 0.4) is 0 Å². The molecule has 0 aliphatic carbocycles. The highest BCUT2D eigenvalue weighted by Crippen LogP contribution is 2.39. The smallest absolute Gasteiger partial charge is 0.416 e. The summed E-state index contributed by atoms with van der Waals surface area (Å²) in [5, 5.41) is 29.7. The van der Waals surface area contributed by atoms with Crippen LogP contribution in [-0.2, 0) is 36.8 Å². The summed E-state index contributed by atoms with van der Waals surface area (Å²) in [6.07, 6.45) is -8.05. The standard InChI is InChI=1S/C30H22F6N4O6S2/c1-3-47(43,44)23-7-17(5-21(9-23)29(31,32)33)25-15-39(13-19(25)11-37)27(28(41)42)40-14-20(12-38)26(16-40)18-6-22(30(34,35)36)10-24(8-18)48(45,46)4-2/h5-10,13-16,27H,3-4H2,1-2H3,(H,41,42). The fourth-order valence-corrected chi connectivity index (χ4v) is 6.70. The van der Waals surface area contributed by atoms with E-state index in [0.717, 1.165) is 46.1 Å². The number of sulfone groups is 2. The number of aliphatic carboxylic acids is 1. The van der Waals surface area contributed by atoms with Gasteiger partial charge in [0.1, 0.15) is 12.1 Å². The first-order valence-corrected chi connectivity index (χ1v) is 16.8. The number of hydrogen-bond donors (Lipinski definition) is 1. The maximum Gasteiger partial charge on any atom is 0.416 e. The number of carboxylic acid groups (broad SMARTS) is 1. The molecule has 0 saturated carbocycles. The molecule has 18 heteroatoms. The van der Waals surface area contributed by atoms with Gasteiger partial charge in [-0.05, 0) is 47.5 Å². The Kier molecular flexibility index (Phi) is 9.33. The van der Waals surface area contributed by atoms with Gasteiger partial charge in [0.2, 0.25) is 6.17 Å². The minimum absolute atomic E-state index is 0.275. The van der Waals surface area contributed by atoms with Crippen molar-refractivity contribution in [2.24, 2.45) is 0 Å². The fraction of sp³-hybridized carbons (Fsp3) is 0.233. The predicted octanol–water partition coefficient (Wildman–Crippen LogP) is 6.12. The first-order chi connectivity index (χ1) is 22.2. The van der Waals surface area contributed by atoms with Gasteiger partial charge < -0.3 is 14.2 Å². The Hall–Kier alpha value is -5.07. The van der Waals surface area contributed by atoms with Gasteiger partial charge in [0.05, 0.1) is 43.6 Å². The molecule has 1 N–H and O–H groups in total. The first-order valence-electron chi connectivity index (χ1n) is 13.5. The van der Waals surface area contributed by atoms with Crippen LogP contribution < -0.4 is 0 Å². The number of nitrogens with zero attached hydrogens (tertiary/aromatic N) is 4. The summed E-state index contributed by atoms with van der Waals surface area (Å²) in [5.41, 5.74) is -4.73. The number of carbonyl (C=O) groups is 1. The van der Waals surface area contributed by atoms with Crippen LogP contribution in [0.2, 0.25) is 0 Å². The molecule has 2 heterocycles. The van der Waals surface area contributed by atoms with Crippen molar-refractivity contribution in [3.63, 3.8) is 0 Å². The first kappa shape index (κ1) is 35.8. The zero-order valence-electron chi connectivity index (χ0n) is 24.6. The van der Waals surface area contributed by atoms with E-state index >= 15 is 0 Å². The summed E-state index contributed by atoms with van der Waals surface area (Å²) in [6.45, 7) is 2.43. The predicted molar refractivity (Wildman–Crippen MR) is 157 cm³/mol. The Morgan fingerprint density at radius 1 is 0.708 bits per heavy atom. The number of carboxylic acids is 1. The van der Waals surface area contributed by atoms with Crippen molar-refractivity contribution in [3.8, 4) is 34.4 Å². The average molecular weight is 713 g/mol. The number of alkyl halides is 6. The summed E-state index contributed by atoms with van der Waals surface area (Å²) in [5.74, 6) is -2.74. The fourth-order valence-electron chi connectivity index (χ4n) is 4.81. The van der Waals surface area contributed by atoms with Crippen LogP contribution in [0.4, 0.5) is 26.3 Å². The summed E-state index contributed by atoms with van der Waals surface area (Å²) in [4.78, 5) is 11.2. The molecule has 4 aromatic rings. The molecule has 48 heavy (non-hydrogen) atoms. The van der Waals surface area contributed by atoms with Gasteiger partial charge in [-0.1, -0.05) is 13.8 Å². The van der Waals surface area contributed by atoms with E-state index < -0.39 is 76.6 Å². The van der Waals surface area contributed by atoms with Crippen LogP contribution in [0.1, 0.15) is 42.3 Å². The molecule has 0 aliphatic heterocycles. The van der Waals surface area contributed by atoms with Gasteiger partial charge in [0.25, 0.3) is 0 Å². The minimum atomic E-state index is -5.00. The van der Waals surface area contributed by atoms with E-state index in [9.17, 15) is 63.6 Å². The molecule has 0 atom stereocenters. The minimum Gasteiger partial charge on any atom is -0.478 e. The third-order valence-electron chi connectivity index (χ3n) is 7.29. The Morgan fingerprint density at radius 2 is 1.06 bits per heavy atom. The second-order valence-corrected chi connectivity index (χ2v) is 14.9. The number of hydrogen-bond acceptors (Lipinski definition) is 7. The number of nitriles is 2. The van der Waals surface area contributed by atoms with Crippen LogP contribution in [0.15, 0.2) is 71.0 Å². The maximum atomic E-state index is 13.7. The lowest BCUT2D eigenvalue weighted by molar-refractivity contribution is -0.142. The highest BCUT2D eigenvalue weighted by atomic mass is 32.2. The Balaban J connectivity index is 1.94. The number of benzene rings is 2. The molecule has 0 aliphatic rings. The largest absolute Gasteiger partial charge is 0.478 e. The molecule has 10 nitrogen and oxygen atoms in total. The number of aromatic nitrogens is 2. The highest BCUT2D eigenvalue weighted by Gasteiger charge is 2.35. The molecular formula is C30H22F6N4O6S2. The van der Waals surface area contributed by atoms with E-state index in [4.69, 9.17) is 0 Å². The van der Waals surface area contributed by atoms with Crippen LogP contribution in [-0.4, -0.2) is 48.6 Å². The van der Waals surface area contributed by atoms with E-state index in [1.165, 1.54) is 13.8 Å². The van der Waals surface area contributed by atoms with Crippen LogP contribution in [0, 0.1) is 22.7 Å². The van der Waals surface area contributed by atoms with Gasteiger partial charge >= 0.3 is 18.3 Å². The number of halogens is 6. The molecular weight excluding hydrogens is 690 g/mol. The van der Waals surface area contributed by atoms with E-state index in [2.05, 4.69) is 0 Å². The van der Waals surface area contributed by atoms with Gasteiger partial charge in [0.15, 0.2) is 19.7 Å². The Labute approximate surface area is 269 Å². The monoisotopic (exact) mass is 712 g/mol. The SMILES string of the molecule is CCS(=O)(=O)c1cc(-c2cn(C(C(=O)O)n3cc(C#N)c(-c4cc(C(F)(F)F)cc(S(=O)(=O)CC)c4)c3)cc2C#N)cc(C(F)(F)F)c1. The zero-order valence-corrected chi connectivity index (χ0v) is 26.3. The molecule has 0 fully saturated rings. The van der Waals surface area contributed by atoms with Crippen LogP contribution >= 0.6 is 0 Å². The van der Waals surface area contributed by atoms with Gasteiger partial charge in [-0.15, -0.1) is 0 Å². The summed E-state index contributed by atoms with van der Waals surface area (Å²) in [7, 11) is -8.36. The Morgan fingerprint density at radius 3 is 1.33 bits per heavy atom. The van der Waals surface area contributed by atoms with Gasteiger partial charge in [0, 0.05) is 35.9 Å². The van der Waals surface area contributed by atoms with Gasteiger partial charge in [-0.25, -0.2) is 21.6 Å². The van der Waals surface area contributed by atoms with Crippen LogP contribution in [0.5, 0.6) is 0 Å². The average Bonchev–Trinajstić information content (AvgIpc) is 3.64. The quantitative estimate of drug-likeness (QED) is 0.203. The molecule has 2 aromatic carbocycles. The lowest BCUT2D eigenvalue weighted by atomic mass is 10.0. The molecule has 0 radical (unpaired) electrons. The molecule has 0 saturated heterocycles. The Bertz CT molecular complexity index is 2090. The van der Waals surface area contributed by atoms with Crippen molar-refractivity contribution in [1.29, 1.82) is 10.5 Å². The van der Waals surface area contributed by atoms with Crippen molar-refractivity contribution in [1.82, 2.24) is 9.13 Å². The van der Waals surface area contributed by atoms with Crippen LogP contribution in [0.25, 0.3) is 22.3 Å². The van der Waals surface area contributed by atoms with Crippen molar-refractivity contribution in [2.75, 3.05) is 11.5 Å². The molecule has 4 rings (SSSR count). The van der Waals surface area contributed by atoms with Crippen molar-refractivity contribution in [3.05, 3.63) is 83.4 Å². The van der Waals surface area contributed by atoms with Gasteiger partial charge in [-0.2, -0.15) is 36.9 Å². The molecule has 0 amide bonds. The van der Waals surface area contributed by atoms with E-state index in [-0.39, 0.29) is 33.4 Å². The van der Waals surface area contributed by atoms with Crippen molar-refractivity contribution in [2.45, 2.75) is 42.2 Å². The summed E-state index contributed by atoms with van der Waals surface area (Å²) < 4.78 is 134. The normalized spacial score (nSPS) is 12.6. The molecule has 0 bridgehead atoms. The molecule has 0 unspecified atom stereocenters.